The predicted octanol–water partition coefficient (Wildman–Crippen LogP) is 2.21. The third-order valence-corrected chi connectivity index (χ3v) is 2.56. The summed E-state index contributed by atoms with van der Waals surface area (Å²) in [6.07, 6.45) is 5.24. The number of hydrogen-bond donors (Lipinski definition) is 1. The maximum absolute atomic E-state index is 4.28. The molecular weight excluding hydrogens is 200 g/mol. The Balaban J connectivity index is 2.32. The molecule has 1 heterocycles. The zero-order valence-electron chi connectivity index (χ0n) is 10.7. The minimum Gasteiger partial charge on any atom is -0.310 e. The van der Waals surface area contributed by atoms with Crippen molar-refractivity contribution in [1.29, 1.82) is 0 Å². The fourth-order valence-electron chi connectivity index (χ4n) is 1.64. The van der Waals surface area contributed by atoms with Gasteiger partial charge in [0, 0.05) is 6.54 Å². The summed E-state index contributed by atoms with van der Waals surface area (Å²) in [4.78, 5) is 4.28. The quantitative estimate of drug-likeness (QED) is 0.688. The van der Waals surface area contributed by atoms with Gasteiger partial charge in [-0.2, -0.15) is 5.10 Å². The van der Waals surface area contributed by atoms with E-state index in [0.29, 0.717) is 0 Å². The van der Waals surface area contributed by atoms with Crippen molar-refractivity contribution in [1.82, 2.24) is 20.1 Å². The van der Waals surface area contributed by atoms with E-state index in [1.165, 1.54) is 12.8 Å². The van der Waals surface area contributed by atoms with Crippen LogP contribution in [0.5, 0.6) is 0 Å². The number of aromatic nitrogens is 3. The van der Waals surface area contributed by atoms with E-state index in [4.69, 9.17) is 0 Å². The molecule has 0 amide bonds. The van der Waals surface area contributed by atoms with Crippen LogP contribution in [-0.2, 0) is 13.1 Å². The molecule has 4 nitrogen and oxygen atoms in total. The summed E-state index contributed by atoms with van der Waals surface area (Å²) < 4.78 is 2.02. The molecule has 0 aromatic carbocycles. The molecule has 0 saturated carbocycles. The van der Waals surface area contributed by atoms with E-state index < -0.39 is 0 Å². The van der Waals surface area contributed by atoms with Crippen LogP contribution in [0.15, 0.2) is 6.33 Å². The number of aryl methyl sites for hydroxylation is 1. The summed E-state index contributed by atoms with van der Waals surface area (Å²) >= 11 is 0. The van der Waals surface area contributed by atoms with Crippen molar-refractivity contribution in [2.45, 2.75) is 53.1 Å². The van der Waals surface area contributed by atoms with Crippen molar-refractivity contribution in [3.8, 4) is 0 Å². The van der Waals surface area contributed by atoms with E-state index in [9.17, 15) is 0 Å². The highest BCUT2D eigenvalue weighted by Gasteiger charge is 2.03. The molecule has 0 bridgehead atoms. The van der Waals surface area contributed by atoms with Crippen molar-refractivity contribution >= 4 is 0 Å². The zero-order chi connectivity index (χ0) is 11.8. The van der Waals surface area contributed by atoms with E-state index in [2.05, 4.69) is 36.2 Å². The van der Waals surface area contributed by atoms with Crippen LogP contribution in [0.2, 0.25) is 0 Å². The van der Waals surface area contributed by atoms with Crippen LogP contribution in [0.3, 0.4) is 0 Å². The normalized spacial score (nSPS) is 11.2. The average Bonchev–Trinajstić information content (AvgIpc) is 2.66. The molecular formula is C12H24N4. The Labute approximate surface area is 98.5 Å². The van der Waals surface area contributed by atoms with Gasteiger partial charge < -0.3 is 5.32 Å². The van der Waals surface area contributed by atoms with Crippen LogP contribution >= 0.6 is 0 Å². The summed E-state index contributed by atoms with van der Waals surface area (Å²) in [7, 11) is 0. The topological polar surface area (TPSA) is 42.7 Å². The maximum atomic E-state index is 4.28. The van der Waals surface area contributed by atoms with Gasteiger partial charge in [-0.1, -0.05) is 20.8 Å². The Hall–Kier alpha value is -0.900. The molecule has 1 aromatic rings. The first-order chi connectivity index (χ1) is 7.74. The van der Waals surface area contributed by atoms with Crippen molar-refractivity contribution in [3.05, 3.63) is 12.2 Å². The van der Waals surface area contributed by atoms with Gasteiger partial charge in [0.2, 0.25) is 0 Å². The highest BCUT2D eigenvalue weighted by Crippen LogP contribution is 2.05. The summed E-state index contributed by atoms with van der Waals surface area (Å²) in [5, 5.41) is 7.61. The second-order valence-corrected chi connectivity index (χ2v) is 4.61. The highest BCUT2D eigenvalue weighted by molar-refractivity contribution is 4.83. The number of rotatable bonds is 8. The zero-order valence-corrected chi connectivity index (χ0v) is 10.7. The first kappa shape index (κ1) is 13.2. The van der Waals surface area contributed by atoms with Crippen LogP contribution in [0.1, 0.15) is 45.9 Å². The Bertz CT molecular complexity index is 280. The highest BCUT2D eigenvalue weighted by atomic mass is 15.3. The summed E-state index contributed by atoms with van der Waals surface area (Å²) in [5.74, 6) is 1.82. The molecule has 0 spiro atoms. The molecule has 0 aliphatic carbocycles. The number of nitrogens with zero attached hydrogens (tertiary/aromatic N) is 3. The predicted molar refractivity (Wildman–Crippen MR) is 66.1 cm³/mol. The van der Waals surface area contributed by atoms with Crippen LogP contribution in [0.4, 0.5) is 0 Å². The van der Waals surface area contributed by atoms with E-state index in [1.54, 1.807) is 6.33 Å². The monoisotopic (exact) mass is 224 g/mol. The minimum atomic E-state index is 0.769. The Morgan fingerprint density at radius 1 is 1.44 bits per heavy atom. The Morgan fingerprint density at radius 2 is 2.25 bits per heavy atom. The van der Waals surface area contributed by atoms with Gasteiger partial charge in [-0.05, 0) is 31.7 Å². The van der Waals surface area contributed by atoms with Crippen LogP contribution < -0.4 is 5.32 Å². The van der Waals surface area contributed by atoms with Crippen molar-refractivity contribution in [2.75, 3.05) is 6.54 Å². The molecule has 0 atom stereocenters. The van der Waals surface area contributed by atoms with E-state index in [0.717, 1.165) is 37.8 Å². The second kappa shape index (κ2) is 7.39. The Kier molecular flexibility index (Phi) is 6.08. The van der Waals surface area contributed by atoms with Crippen molar-refractivity contribution in [2.24, 2.45) is 5.92 Å². The lowest BCUT2D eigenvalue weighted by Gasteiger charge is -2.08. The Morgan fingerprint density at radius 3 is 2.94 bits per heavy atom. The van der Waals surface area contributed by atoms with Gasteiger partial charge in [0.1, 0.15) is 12.2 Å². The van der Waals surface area contributed by atoms with Crippen molar-refractivity contribution < 1.29 is 0 Å². The third kappa shape index (κ3) is 4.75. The first-order valence-electron chi connectivity index (χ1n) is 6.31. The number of nitrogens with one attached hydrogen (secondary N) is 1. The van der Waals surface area contributed by atoms with Gasteiger partial charge in [0.05, 0.1) is 6.54 Å². The van der Waals surface area contributed by atoms with Gasteiger partial charge in [0.25, 0.3) is 0 Å². The fraction of sp³-hybridized carbons (Fsp3) is 0.833. The van der Waals surface area contributed by atoms with E-state index >= 15 is 0 Å². The molecule has 0 unspecified atom stereocenters. The SMILES string of the molecule is CCCNCc1ncnn1CCCC(C)C. The molecule has 1 aromatic heterocycles. The lowest BCUT2D eigenvalue weighted by atomic mass is 10.1. The largest absolute Gasteiger partial charge is 0.310 e. The van der Waals surface area contributed by atoms with E-state index in [-0.39, 0.29) is 0 Å². The van der Waals surface area contributed by atoms with Crippen LogP contribution in [-0.4, -0.2) is 21.3 Å². The third-order valence-electron chi connectivity index (χ3n) is 2.56. The maximum Gasteiger partial charge on any atom is 0.140 e. The molecule has 0 saturated heterocycles. The number of hydrogen-bond acceptors (Lipinski definition) is 3. The van der Waals surface area contributed by atoms with Gasteiger partial charge in [-0.15, -0.1) is 0 Å². The molecule has 0 aliphatic rings. The summed E-state index contributed by atoms with van der Waals surface area (Å²) in [5.41, 5.74) is 0. The molecule has 4 heteroatoms. The molecule has 1 rings (SSSR count). The lowest BCUT2D eigenvalue weighted by molar-refractivity contribution is 0.471. The molecule has 0 radical (unpaired) electrons. The van der Waals surface area contributed by atoms with Crippen LogP contribution in [0, 0.1) is 5.92 Å². The van der Waals surface area contributed by atoms with Gasteiger partial charge in [-0.3, -0.25) is 0 Å². The molecule has 92 valence electrons. The summed E-state index contributed by atoms with van der Waals surface area (Å²) in [6.45, 7) is 9.53. The first-order valence-corrected chi connectivity index (χ1v) is 6.31. The van der Waals surface area contributed by atoms with Crippen LogP contribution in [0.25, 0.3) is 0 Å². The minimum absolute atomic E-state index is 0.769. The smallest absolute Gasteiger partial charge is 0.140 e. The average molecular weight is 224 g/mol. The fourth-order valence-corrected chi connectivity index (χ4v) is 1.64. The standard InChI is InChI=1S/C12H24N4/c1-4-7-13-9-12-14-10-15-16(12)8-5-6-11(2)3/h10-11,13H,4-9H2,1-3H3. The second-order valence-electron chi connectivity index (χ2n) is 4.61. The summed E-state index contributed by atoms with van der Waals surface area (Å²) in [6, 6.07) is 0. The molecule has 0 aliphatic heterocycles. The molecule has 0 fully saturated rings. The van der Waals surface area contributed by atoms with Gasteiger partial charge in [0.15, 0.2) is 0 Å². The van der Waals surface area contributed by atoms with Gasteiger partial charge >= 0.3 is 0 Å². The van der Waals surface area contributed by atoms with E-state index in [1.807, 2.05) is 4.68 Å². The van der Waals surface area contributed by atoms with Gasteiger partial charge in [-0.25, -0.2) is 9.67 Å². The molecule has 16 heavy (non-hydrogen) atoms. The van der Waals surface area contributed by atoms with Crippen molar-refractivity contribution in [3.63, 3.8) is 0 Å². The lowest BCUT2D eigenvalue weighted by Crippen LogP contribution is -2.18. The molecule has 1 N–H and O–H groups in total.